The Bertz CT molecular complexity index is 565. The minimum atomic E-state index is -0.130. The average Bonchev–Trinajstić information content (AvgIpc) is 2.74. The second-order valence-corrected chi connectivity index (χ2v) is 5.39. The highest BCUT2D eigenvalue weighted by Gasteiger charge is 2.28. The van der Waals surface area contributed by atoms with Gasteiger partial charge >= 0.3 is 0 Å². The zero-order valence-electron chi connectivity index (χ0n) is 12.4. The van der Waals surface area contributed by atoms with Crippen molar-refractivity contribution in [1.29, 1.82) is 0 Å². The van der Waals surface area contributed by atoms with E-state index in [-0.39, 0.29) is 17.7 Å². The second kappa shape index (κ2) is 6.52. The number of hydrogen-bond donors (Lipinski definition) is 1. The maximum Gasteiger partial charge on any atom is 0.229 e. The molecule has 1 saturated heterocycles. The summed E-state index contributed by atoms with van der Waals surface area (Å²) in [5, 5.41) is 2.83. The van der Waals surface area contributed by atoms with E-state index < -0.39 is 0 Å². The second-order valence-electron chi connectivity index (χ2n) is 5.39. The number of rotatable bonds is 5. The zero-order chi connectivity index (χ0) is 15.4. The Balaban J connectivity index is 1.78. The molecule has 0 aromatic heterocycles. The van der Waals surface area contributed by atoms with Crippen LogP contribution < -0.4 is 5.32 Å². The molecule has 21 heavy (non-hydrogen) atoms. The molecule has 112 valence electrons. The van der Waals surface area contributed by atoms with Crippen molar-refractivity contribution in [2.45, 2.75) is 39.5 Å². The average molecular weight is 288 g/mol. The van der Waals surface area contributed by atoms with E-state index in [4.69, 9.17) is 0 Å². The van der Waals surface area contributed by atoms with Crippen molar-refractivity contribution < 1.29 is 14.4 Å². The van der Waals surface area contributed by atoms with E-state index >= 15 is 0 Å². The predicted octanol–water partition coefficient (Wildman–Crippen LogP) is 2.17. The topological polar surface area (TPSA) is 66.5 Å². The van der Waals surface area contributed by atoms with Gasteiger partial charge in [0.25, 0.3) is 0 Å². The van der Waals surface area contributed by atoms with Gasteiger partial charge in [-0.05, 0) is 43.5 Å². The van der Waals surface area contributed by atoms with Crippen LogP contribution in [0.25, 0.3) is 0 Å². The third-order valence-corrected chi connectivity index (χ3v) is 3.73. The Morgan fingerprint density at radius 3 is 2.43 bits per heavy atom. The summed E-state index contributed by atoms with van der Waals surface area (Å²) in [4.78, 5) is 36.0. The van der Waals surface area contributed by atoms with Gasteiger partial charge < -0.3 is 5.32 Å². The summed E-state index contributed by atoms with van der Waals surface area (Å²) in [6, 6.07) is 5.76. The summed E-state index contributed by atoms with van der Waals surface area (Å²) >= 11 is 0. The molecule has 0 atom stereocenters. The van der Waals surface area contributed by atoms with Crippen LogP contribution in [0.4, 0.5) is 5.69 Å². The first-order valence-corrected chi connectivity index (χ1v) is 7.17. The first-order chi connectivity index (χ1) is 9.97. The number of carbonyl (C=O) groups excluding carboxylic acids is 3. The predicted molar refractivity (Wildman–Crippen MR) is 79.7 cm³/mol. The third-order valence-electron chi connectivity index (χ3n) is 3.73. The number of carbonyl (C=O) groups is 3. The molecule has 0 radical (unpaired) electrons. The van der Waals surface area contributed by atoms with Crippen LogP contribution in [0.3, 0.4) is 0 Å². The smallest absolute Gasteiger partial charge is 0.229 e. The lowest BCUT2D eigenvalue weighted by Crippen LogP contribution is -2.30. The van der Waals surface area contributed by atoms with Gasteiger partial charge in [-0.15, -0.1) is 0 Å². The van der Waals surface area contributed by atoms with E-state index in [1.807, 2.05) is 32.0 Å². The highest BCUT2D eigenvalue weighted by molar-refractivity contribution is 6.02. The first kappa shape index (κ1) is 15.2. The minimum absolute atomic E-state index is 0.0997. The summed E-state index contributed by atoms with van der Waals surface area (Å²) in [5.41, 5.74) is 3.08. The standard InChI is InChI=1S/C16H20N2O3/c1-11-5-6-13(10-12(11)2)17-14(19)4-3-9-18-15(20)7-8-16(18)21/h5-6,10H,3-4,7-9H2,1-2H3,(H,17,19). The lowest BCUT2D eigenvalue weighted by molar-refractivity contribution is -0.138. The van der Waals surface area contributed by atoms with Crippen molar-refractivity contribution in [2.75, 3.05) is 11.9 Å². The quantitative estimate of drug-likeness (QED) is 0.844. The number of nitrogens with zero attached hydrogens (tertiary/aromatic N) is 1. The Kier molecular flexibility index (Phi) is 4.73. The number of imide groups is 1. The van der Waals surface area contributed by atoms with Crippen LogP contribution in [-0.4, -0.2) is 29.2 Å². The number of hydrogen-bond acceptors (Lipinski definition) is 3. The molecule has 0 unspecified atom stereocenters. The van der Waals surface area contributed by atoms with Gasteiger partial charge in [-0.3, -0.25) is 19.3 Å². The lowest BCUT2D eigenvalue weighted by Gasteiger charge is -2.13. The van der Waals surface area contributed by atoms with E-state index in [1.54, 1.807) is 0 Å². The molecule has 0 aliphatic carbocycles. The summed E-state index contributed by atoms with van der Waals surface area (Å²) in [5.74, 6) is -0.360. The van der Waals surface area contributed by atoms with Crippen molar-refractivity contribution in [3.05, 3.63) is 29.3 Å². The molecular formula is C16H20N2O3. The van der Waals surface area contributed by atoms with Gasteiger partial charge in [0.15, 0.2) is 0 Å². The van der Waals surface area contributed by atoms with Crippen molar-refractivity contribution >= 4 is 23.4 Å². The maximum atomic E-state index is 11.8. The molecule has 1 aromatic rings. The van der Waals surface area contributed by atoms with E-state index in [0.29, 0.717) is 32.2 Å². The molecule has 1 aliphatic heterocycles. The minimum Gasteiger partial charge on any atom is -0.326 e. The van der Waals surface area contributed by atoms with E-state index in [1.165, 1.54) is 10.5 Å². The highest BCUT2D eigenvalue weighted by Crippen LogP contribution is 2.15. The molecule has 0 spiro atoms. The third kappa shape index (κ3) is 3.90. The largest absolute Gasteiger partial charge is 0.326 e. The van der Waals surface area contributed by atoms with Gasteiger partial charge in [-0.2, -0.15) is 0 Å². The Morgan fingerprint density at radius 2 is 1.81 bits per heavy atom. The van der Waals surface area contributed by atoms with Gasteiger partial charge in [0.1, 0.15) is 0 Å². The molecular weight excluding hydrogens is 268 g/mol. The number of anilines is 1. The van der Waals surface area contributed by atoms with Crippen molar-refractivity contribution in [2.24, 2.45) is 0 Å². The number of likely N-dealkylation sites (tertiary alicyclic amines) is 1. The molecule has 5 heteroatoms. The van der Waals surface area contributed by atoms with Crippen LogP contribution in [0.5, 0.6) is 0 Å². The van der Waals surface area contributed by atoms with Crippen LogP contribution >= 0.6 is 0 Å². The monoisotopic (exact) mass is 288 g/mol. The summed E-state index contributed by atoms with van der Waals surface area (Å²) < 4.78 is 0. The fraction of sp³-hybridized carbons (Fsp3) is 0.438. The molecule has 1 aromatic carbocycles. The summed E-state index contributed by atoms with van der Waals surface area (Å²) in [6.07, 6.45) is 1.39. The van der Waals surface area contributed by atoms with E-state index in [0.717, 1.165) is 11.3 Å². The molecule has 1 aliphatic rings. The summed E-state index contributed by atoms with van der Waals surface area (Å²) in [6.45, 7) is 4.35. The van der Waals surface area contributed by atoms with Crippen LogP contribution in [0, 0.1) is 13.8 Å². The number of nitrogens with one attached hydrogen (secondary N) is 1. The van der Waals surface area contributed by atoms with Crippen molar-refractivity contribution in [3.63, 3.8) is 0 Å². The van der Waals surface area contributed by atoms with Gasteiger partial charge in [0.05, 0.1) is 0 Å². The molecule has 1 N–H and O–H groups in total. The fourth-order valence-corrected chi connectivity index (χ4v) is 2.31. The van der Waals surface area contributed by atoms with Crippen LogP contribution in [-0.2, 0) is 14.4 Å². The molecule has 1 fully saturated rings. The Labute approximate surface area is 124 Å². The molecule has 2 rings (SSSR count). The Morgan fingerprint density at radius 1 is 1.14 bits per heavy atom. The molecule has 3 amide bonds. The molecule has 1 heterocycles. The lowest BCUT2D eigenvalue weighted by atomic mass is 10.1. The van der Waals surface area contributed by atoms with Crippen LogP contribution in [0.2, 0.25) is 0 Å². The molecule has 0 saturated carbocycles. The molecule has 5 nitrogen and oxygen atoms in total. The highest BCUT2D eigenvalue weighted by atomic mass is 16.2. The first-order valence-electron chi connectivity index (χ1n) is 7.17. The van der Waals surface area contributed by atoms with E-state index in [2.05, 4.69) is 5.32 Å². The molecule has 0 bridgehead atoms. The fourth-order valence-electron chi connectivity index (χ4n) is 2.31. The SMILES string of the molecule is Cc1ccc(NC(=O)CCCN2C(=O)CCC2=O)cc1C. The number of benzene rings is 1. The van der Waals surface area contributed by atoms with Gasteiger partial charge in [0.2, 0.25) is 17.7 Å². The van der Waals surface area contributed by atoms with Gasteiger partial charge in [0, 0.05) is 31.5 Å². The van der Waals surface area contributed by atoms with Crippen molar-refractivity contribution in [1.82, 2.24) is 4.90 Å². The number of aryl methyl sites for hydroxylation is 2. The van der Waals surface area contributed by atoms with Gasteiger partial charge in [-0.25, -0.2) is 0 Å². The summed E-state index contributed by atoms with van der Waals surface area (Å²) in [7, 11) is 0. The maximum absolute atomic E-state index is 11.8. The van der Waals surface area contributed by atoms with Crippen LogP contribution in [0.1, 0.15) is 36.8 Å². The number of amides is 3. The van der Waals surface area contributed by atoms with Gasteiger partial charge in [-0.1, -0.05) is 6.07 Å². The van der Waals surface area contributed by atoms with Crippen LogP contribution in [0.15, 0.2) is 18.2 Å². The van der Waals surface area contributed by atoms with Crippen molar-refractivity contribution in [3.8, 4) is 0 Å². The normalized spacial score (nSPS) is 14.7. The zero-order valence-corrected chi connectivity index (χ0v) is 12.4. The van der Waals surface area contributed by atoms with E-state index in [9.17, 15) is 14.4 Å². The Hall–Kier alpha value is -2.17.